The zero-order chi connectivity index (χ0) is 19.2. The number of alkyl halides is 6. The molecule has 0 spiro atoms. The van der Waals surface area contributed by atoms with Crippen LogP contribution in [-0.4, -0.2) is 5.78 Å². The van der Waals surface area contributed by atoms with Crippen LogP contribution in [0.2, 0.25) is 0 Å². The lowest BCUT2D eigenvalue weighted by molar-refractivity contribution is -0.141. The first-order valence-corrected chi connectivity index (χ1v) is 7.45. The summed E-state index contributed by atoms with van der Waals surface area (Å²) in [5, 5.41) is 17.9. The van der Waals surface area contributed by atoms with Gasteiger partial charge in [0.1, 0.15) is 17.7 Å². The number of fused-ring (bicyclic) bond motifs is 1. The van der Waals surface area contributed by atoms with Crippen LogP contribution in [0.25, 0.3) is 5.57 Å². The van der Waals surface area contributed by atoms with Gasteiger partial charge in [-0.2, -0.15) is 36.9 Å². The molecule has 1 aromatic rings. The van der Waals surface area contributed by atoms with Gasteiger partial charge in [0, 0.05) is 22.3 Å². The fraction of sp³-hybridized carbons (Fsp3) is 0.133. The van der Waals surface area contributed by atoms with E-state index in [9.17, 15) is 31.1 Å². The molecule has 0 unspecified atom stereocenters. The van der Waals surface area contributed by atoms with Crippen LogP contribution in [0.15, 0.2) is 27.4 Å². The maximum atomic E-state index is 13.3. The van der Waals surface area contributed by atoms with Crippen LogP contribution in [0.1, 0.15) is 27.0 Å². The van der Waals surface area contributed by atoms with Crippen molar-refractivity contribution >= 4 is 33.9 Å². The number of carbonyl (C=O) groups is 1. The Bertz CT molecular complexity index is 910. The van der Waals surface area contributed by atoms with Crippen molar-refractivity contribution in [3.8, 4) is 12.1 Å². The molecule has 2 rings (SSSR count). The second-order valence-corrected chi connectivity index (χ2v) is 5.35. The molecule has 1 aromatic carbocycles. The highest BCUT2D eigenvalue weighted by Crippen LogP contribution is 2.49. The number of nitrogens with zero attached hydrogens (tertiary/aromatic N) is 2. The van der Waals surface area contributed by atoms with E-state index in [4.69, 9.17) is 10.5 Å². The number of hydrogen-bond acceptors (Lipinski definition) is 3. The highest BCUT2D eigenvalue weighted by molar-refractivity contribution is 14.1. The summed E-state index contributed by atoms with van der Waals surface area (Å²) in [6.45, 7) is 0. The second-order valence-electron chi connectivity index (χ2n) is 4.73. The summed E-state index contributed by atoms with van der Waals surface area (Å²) < 4.78 is 80.3. The van der Waals surface area contributed by atoms with Crippen LogP contribution in [0.5, 0.6) is 0 Å². The normalized spacial score (nSPS) is 15.8. The number of rotatable bonds is 0. The van der Waals surface area contributed by atoms with Crippen molar-refractivity contribution in [1.82, 2.24) is 0 Å². The van der Waals surface area contributed by atoms with Crippen molar-refractivity contribution in [2.45, 2.75) is 12.4 Å². The fourth-order valence-electron chi connectivity index (χ4n) is 2.45. The van der Waals surface area contributed by atoms with Gasteiger partial charge in [0.25, 0.3) is 0 Å². The first-order chi connectivity index (χ1) is 11.5. The van der Waals surface area contributed by atoms with E-state index in [0.717, 1.165) is 4.08 Å². The molecule has 0 aliphatic heterocycles. The van der Waals surface area contributed by atoms with Crippen LogP contribution in [0.4, 0.5) is 26.3 Å². The van der Waals surface area contributed by atoms with Gasteiger partial charge in [-0.3, -0.25) is 4.79 Å². The molecule has 3 nitrogen and oxygen atoms in total. The second kappa shape index (κ2) is 6.19. The van der Waals surface area contributed by atoms with Crippen molar-refractivity contribution in [3.05, 3.63) is 49.6 Å². The average molecular weight is 468 g/mol. The number of Topliss-reactive ketones (excluding diaryl/α,β-unsaturated/α-hetero) is 1. The number of hydrogen-bond donors (Lipinski definition) is 0. The van der Waals surface area contributed by atoms with Gasteiger partial charge in [0.2, 0.25) is 0 Å². The van der Waals surface area contributed by atoms with E-state index in [0.29, 0.717) is 0 Å². The zero-order valence-electron chi connectivity index (χ0n) is 11.7. The maximum Gasteiger partial charge on any atom is 0.417 e. The lowest BCUT2D eigenvalue weighted by Crippen LogP contribution is -2.16. The van der Waals surface area contributed by atoms with Crippen molar-refractivity contribution in [1.29, 1.82) is 10.5 Å². The highest BCUT2D eigenvalue weighted by atomic mass is 127. The zero-order valence-corrected chi connectivity index (χ0v) is 13.8. The molecule has 0 bridgehead atoms. The molecular weight excluding hydrogens is 465 g/mol. The Balaban J connectivity index is 3.13. The third kappa shape index (κ3) is 3.02. The third-order valence-electron chi connectivity index (χ3n) is 3.39. The van der Waals surface area contributed by atoms with Gasteiger partial charge in [0.15, 0.2) is 5.78 Å². The molecule has 0 fully saturated rings. The van der Waals surface area contributed by atoms with E-state index >= 15 is 0 Å². The van der Waals surface area contributed by atoms with E-state index in [2.05, 4.69) is 0 Å². The predicted molar refractivity (Wildman–Crippen MR) is 81.0 cm³/mol. The maximum absolute atomic E-state index is 13.3. The molecule has 0 N–H and O–H groups in total. The molecule has 1 aliphatic rings. The molecular formula is C15H3F6IN2O. The number of benzene rings is 1. The number of nitriles is 2. The molecule has 0 aromatic heterocycles. The molecule has 128 valence electrons. The molecule has 10 heteroatoms. The van der Waals surface area contributed by atoms with Gasteiger partial charge >= 0.3 is 12.4 Å². The smallest absolute Gasteiger partial charge is 0.289 e. The molecule has 0 radical (unpaired) electrons. The SMILES string of the molecule is N#CC(C#N)=C1/C(=C\I)C(=O)c2c(C(F)(F)F)ccc(C(F)(F)F)c21. The Labute approximate surface area is 150 Å². The van der Waals surface area contributed by atoms with Crippen molar-refractivity contribution in [2.24, 2.45) is 0 Å². The van der Waals surface area contributed by atoms with E-state index in [1.54, 1.807) is 0 Å². The van der Waals surface area contributed by atoms with Crippen molar-refractivity contribution in [3.63, 3.8) is 0 Å². The summed E-state index contributed by atoms with van der Waals surface area (Å²) in [6.07, 6.45) is -10.2. The fourth-order valence-corrected chi connectivity index (χ4v) is 3.05. The largest absolute Gasteiger partial charge is 0.417 e. The molecule has 0 atom stereocenters. The van der Waals surface area contributed by atoms with E-state index in [1.807, 2.05) is 0 Å². The van der Waals surface area contributed by atoms with Gasteiger partial charge in [0.05, 0.1) is 11.1 Å². The van der Waals surface area contributed by atoms with Gasteiger partial charge < -0.3 is 0 Å². The number of allylic oxidation sites excluding steroid dienone is 3. The Morgan fingerprint density at radius 2 is 1.40 bits per heavy atom. The van der Waals surface area contributed by atoms with Gasteiger partial charge in [-0.05, 0) is 16.2 Å². The van der Waals surface area contributed by atoms with Gasteiger partial charge in [-0.25, -0.2) is 0 Å². The monoisotopic (exact) mass is 468 g/mol. The lowest BCUT2D eigenvalue weighted by atomic mass is 9.93. The quantitative estimate of drug-likeness (QED) is 0.232. The van der Waals surface area contributed by atoms with Gasteiger partial charge in [-0.15, -0.1) is 0 Å². The van der Waals surface area contributed by atoms with Crippen molar-refractivity contribution < 1.29 is 31.1 Å². The minimum absolute atomic E-state index is 0.172. The highest BCUT2D eigenvalue weighted by Gasteiger charge is 2.47. The number of halogens is 7. The van der Waals surface area contributed by atoms with Crippen LogP contribution < -0.4 is 0 Å². The third-order valence-corrected chi connectivity index (χ3v) is 4.01. The Kier molecular flexibility index (Phi) is 4.70. The minimum atomic E-state index is -5.09. The number of ketones is 1. The predicted octanol–water partition coefficient (Wildman–Crippen LogP) is 5.04. The minimum Gasteiger partial charge on any atom is -0.289 e. The van der Waals surface area contributed by atoms with Crippen LogP contribution in [0, 0.1) is 22.7 Å². The average Bonchev–Trinajstić information content (AvgIpc) is 2.79. The van der Waals surface area contributed by atoms with Crippen LogP contribution in [-0.2, 0) is 12.4 Å². The lowest BCUT2D eigenvalue weighted by Gasteiger charge is -2.16. The standard InChI is InChI=1S/C15H3F6IN2O/c16-14(17,18)8-1-2-9(15(19,20)21)12-11(8)10(6(4-23)5-24)7(3-22)13(12)25/h1-3H/b7-3+. The van der Waals surface area contributed by atoms with E-state index in [1.165, 1.54) is 34.7 Å². The summed E-state index contributed by atoms with van der Waals surface area (Å²) >= 11 is 1.45. The summed E-state index contributed by atoms with van der Waals surface area (Å²) in [6, 6.07) is 3.02. The summed E-state index contributed by atoms with van der Waals surface area (Å²) in [5.41, 5.74) is -7.54. The topological polar surface area (TPSA) is 64.7 Å². The molecule has 0 amide bonds. The first-order valence-electron chi connectivity index (χ1n) is 6.20. The van der Waals surface area contributed by atoms with E-state index in [-0.39, 0.29) is 12.1 Å². The van der Waals surface area contributed by atoms with E-state index < -0.39 is 57.1 Å². The molecule has 1 aliphatic carbocycles. The summed E-state index contributed by atoms with van der Waals surface area (Å²) in [7, 11) is 0. The van der Waals surface area contributed by atoms with Crippen LogP contribution >= 0.6 is 22.6 Å². The Hall–Kier alpha value is -2.34. The van der Waals surface area contributed by atoms with Gasteiger partial charge in [-0.1, -0.05) is 22.6 Å². The molecule has 0 saturated heterocycles. The summed E-state index contributed by atoms with van der Waals surface area (Å²) in [5.74, 6) is -1.32. The first kappa shape index (κ1) is 19.0. The molecule has 0 heterocycles. The van der Waals surface area contributed by atoms with Crippen molar-refractivity contribution in [2.75, 3.05) is 0 Å². The molecule has 0 saturated carbocycles. The summed E-state index contributed by atoms with van der Waals surface area (Å²) in [4.78, 5) is 12.3. The number of carbonyl (C=O) groups excluding carboxylic acids is 1. The Morgan fingerprint density at radius 3 is 1.76 bits per heavy atom. The molecule has 25 heavy (non-hydrogen) atoms. The van der Waals surface area contributed by atoms with Crippen LogP contribution in [0.3, 0.4) is 0 Å². The Morgan fingerprint density at radius 1 is 0.960 bits per heavy atom.